The van der Waals surface area contributed by atoms with Crippen LogP contribution < -0.4 is 0 Å². The Balaban J connectivity index is 1.88. The van der Waals surface area contributed by atoms with Crippen molar-refractivity contribution in [2.45, 2.75) is 12.6 Å². The summed E-state index contributed by atoms with van der Waals surface area (Å²) in [4.78, 5) is 2.04. The number of aliphatic hydroxyl groups excluding tert-OH is 1. The van der Waals surface area contributed by atoms with Crippen LogP contribution in [0.25, 0.3) is 0 Å². The molecule has 0 radical (unpaired) electrons. The van der Waals surface area contributed by atoms with Gasteiger partial charge in [-0.25, -0.2) is 0 Å². The Morgan fingerprint density at radius 2 is 1.94 bits per heavy atom. The summed E-state index contributed by atoms with van der Waals surface area (Å²) in [6.45, 7) is 1.29. The van der Waals surface area contributed by atoms with Crippen molar-refractivity contribution in [2.75, 3.05) is 13.6 Å². The third-order valence-corrected chi connectivity index (χ3v) is 2.67. The molecule has 90 valence electrons. The lowest BCUT2D eigenvalue weighted by Gasteiger charge is -2.19. The largest absolute Gasteiger partial charge is 0.468 e. The highest BCUT2D eigenvalue weighted by Crippen LogP contribution is 2.14. The van der Waals surface area contributed by atoms with E-state index in [9.17, 15) is 5.11 Å². The second kappa shape index (κ2) is 5.66. The molecule has 1 unspecified atom stereocenters. The summed E-state index contributed by atoms with van der Waals surface area (Å²) < 4.78 is 5.27. The van der Waals surface area contributed by atoms with Gasteiger partial charge in [0.05, 0.1) is 18.9 Å². The fourth-order valence-electron chi connectivity index (χ4n) is 1.81. The van der Waals surface area contributed by atoms with Crippen molar-refractivity contribution in [2.24, 2.45) is 0 Å². The third kappa shape index (κ3) is 3.44. The molecule has 1 aromatic heterocycles. The van der Waals surface area contributed by atoms with Gasteiger partial charge >= 0.3 is 0 Å². The van der Waals surface area contributed by atoms with E-state index in [2.05, 4.69) is 0 Å². The molecule has 0 aliphatic carbocycles. The SMILES string of the molecule is CN(Cc1ccco1)CC(O)c1ccccc1. The normalized spacial score (nSPS) is 12.9. The Morgan fingerprint density at radius 1 is 1.18 bits per heavy atom. The van der Waals surface area contributed by atoms with Crippen molar-refractivity contribution in [3.63, 3.8) is 0 Å². The number of hydrogen-bond donors (Lipinski definition) is 1. The molecule has 0 aliphatic heterocycles. The minimum Gasteiger partial charge on any atom is -0.468 e. The number of hydrogen-bond acceptors (Lipinski definition) is 3. The van der Waals surface area contributed by atoms with Crippen LogP contribution in [0.1, 0.15) is 17.4 Å². The van der Waals surface area contributed by atoms with Crippen LogP contribution in [0, 0.1) is 0 Å². The molecule has 0 aliphatic rings. The van der Waals surface area contributed by atoms with E-state index in [0.29, 0.717) is 13.1 Å². The first-order chi connectivity index (χ1) is 8.25. The maximum absolute atomic E-state index is 10.0. The molecule has 17 heavy (non-hydrogen) atoms. The lowest BCUT2D eigenvalue weighted by molar-refractivity contribution is 0.120. The van der Waals surface area contributed by atoms with Gasteiger partial charge in [0, 0.05) is 6.54 Å². The average molecular weight is 231 g/mol. The molecule has 0 saturated carbocycles. The second-order valence-electron chi connectivity index (χ2n) is 4.20. The van der Waals surface area contributed by atoms with Gasteiger partial charge in [0.1, 0.15) is 5.76 Å². The molecule has 1 heterocycles. The zero-order chi connectivity index (χ0) is 12.1. The number of aliphatic hydroxyl groups is 1. The molecular weight excluding hydrogens is 214 g/mol. The first-order valence-electron chi connectivity index (χ1n) is 5.69. The van der Waals surface area contributed by atoms with E-state index < -0.39 is 6.10 Å². The van der Waals surface area contributed by atoms with Crippen molar-refractivity contribution in [1.29, 1.82) is 0 Å². The first kappa shape index (κ1) is 11.9. The molecule has 2 aromatic rings. The van der Waals surface area contributed by atoms with Gasteiger partial charge in [-0.1, -0.05) is 30.3 Å². The maximum Gasteiger partial charge on any atom is 0.117 e. The molecule has 0 saturated heterocycles. The van der Waals surface area contributed by atoms with E-state index in [1.165, 1.54) is 0 Å². The number of likely N-dealkylation sites (N-methyl/N-ethyl adjacent to an activating group) is 1. The molecule has 2 rings (SSSR count). The molecule has 1 N–H and O–H groups in total. The van der Waals surface area contributed by atoms with Crippen LogP contribution in [0.3, 0.4) is 0 Å². The van der Waals surface area contributed by atoms with E-state index >= 15 is 0 Å². The molecule has 3 nitrogen and oxygen atoms in total. The Bertz CT molecular complexity index is 425. The van der Waals surface area contributed by atoms with Crippen LogP contribution in [0.4, 0.5) is 0 Å². The quantitative estimate of drug-likeness (QED) is 0.858. The van der Waals surface area contributed by atoms with E-state index in [4.69, 9.17) is 4.42 Å². The highest BCUT2D eigenvalue weighted by atomic mass is 16.3. The summed E-state index contributed by atoms with van der Waals surface area (Å²) in [5.74, 6) is 0.910. The number of rotatable bonds is 5. The summed E-state index contributed by atoms with van der Waals surface area (Å²) in [5.41, 5.74) is 0.943. The monoisotopic (exact) mass is 231 g/mol. The predicted molar refractivity (Wildman–Crippen MR) is 66.4 cm³/mol. The van der Waals surface area contributed by atoms with Crippen molar-refractivity contribution >= 4 is 0 Å². The number of nitrogens with zero attached hydrogens (tertiary/aromatic N) is 1. The highest BCUT2D eigenvalue weighted by molar-refractivity contribution is 5.17. The summed E-state index contributed by atoms with van der Waals surface area (Å²) in [6, 6.07) is 13.5. The molecular formula is C14H17NO2. The summed E-state index contributed by atoms with van der Waals surface area (Å²) in [5, 5.41) is 10.0. The Labute approximate surface area is 101 Å². The van der Waals surface area contributed by atoms with Gasteiger partial charge < -0.3 is 9.52 Å². The lowest BCUT2D eigenvalue weighted by Crippen LogP contribution is -2.24. The van der Waals surface area contributed by atoms with Gasteiger partial charge in [0.25, 0.3) is 0 Å². The fourth-order valence-corrected chi connectivity index (χ4v) is 1.81. The van der Waals surface area contributed by atoms with Crippen molar-refractivity contribution in [1.82, 2.24) is 4.90 Å². The smallest absolute Gasteiger partial charge is 0.117 e. The minimum absolute atomic E-state index is 0.462. The fraction of sp³-hybridized carbons (Fsp3) is 0.286. The summed E-state index contributed by atoms with van der Waals surface area (Å²) in [6.07, 6.45) is 1.20. The van der Waals surface area contributed by atoms with Crippen LogP contribution in [0.15, 0.2) is 53.1 Å². The molecule has 1 aromatic carbocycles. The maximum atomic E-state index is 10.0. The Morgan fingerprint density at radius 3 is 2.59 bits per heavy atom. The van der Waals surface area contributed by atoms with Crippen molar-refractivity contribution < 1.29 is 9.52 Å². The molecule has 0 bridgehead atoms. The van der Waals surface area contributed by atoms with E-state index in [1.807, 2.05) is 54.4 Å². The van der Waals surface area contributed by atoms with Crippen molar-refractivity contribution in [3.8, 4) is 0 Å². The van der Waals surface area contributed by atoms with Gasteiger partial charge in [-0.2, -0.15) is 0 Å². The van der Waals surface area contributed by atoms with Gasteiger partial charge in [-0.05, 0) is 24.7 Å². The zero-order valence-electron chi connectivity index (χ0n) is 9.91. The average Bonchev–Trinajstić information content (AvgIpc) is 2.82. The first-order valence-corrected chi connectivity index (χ1v) is 5.69. The number of benzene rings is 1. The van der Waals surface area contributed by atoms with Crippen LogP contribution in [0.5, 0.6) is 0 Å². The predicted octanol–water partition coefficient (Wildman–Crippen LogP) is 2.45. The third-order valence-electron chi connectivity index (χ3n) is 2.67. The summed E-state index contributed by atoms with van der Waals surface area (Å²) in [7, 11) is 1.97. The highest BCUT2D eigenvalue weighted by Gasteiger charge is 2.11. The molecule has 3 heteroatoms. The van der Waals surface area contributed by atoms with Crippen LogP contribution in [-0.2, 0) is 6.54 Å². The van der Waals surface area contributed by atoms with Gasteiger partial charge in [-0.3, -0.25) is 4.90 Å². The molecule has 1 atom stereocenters. The molecule has 0 amide bonds. The van der Waals surface area contributed by atoms with Crippen LogP contribution >= 0.6 is 0 Å². The van der Waals surface area contributed by atoms with Gasteiger partial charge in [-0.15, -0.1) is 0 Å². The Kier molecular flexibility index (Phi) is 3.96. The lowest BCUT2D eigenvalue weighted by atomic mass is 10.1. The molecule has 0 spiro atoms. The summed E-state index contributed by atoms with van der Waals surface area (Å²) >= 11 is 0. The number of furan rings is 1. The van der Waals surface area contributed by atoms with Crippen LogP contribution in [0.2, 0.25) is 0 Å². The van der Waals surface area contributed by atoms with E-state index in [0.717, 1.165) is 11.3 Å². The van der Waals surface area contributed by atoms with E-state index in [1.54, 1.807) is 6.26 Å². The van der Waals surface area contributed by atoms with Gasteiger partial charge in [0.2, 0.25) is 0 Å². The minimum atomic E-state index is -0.462. The molecule has 0 fully saturated rings. The topological polar surface area (TPSA) is 36.6 Å². The van der Waals surface area contributed by atoms with E-state index in [-0.39, 0.29) is 0 Å². The standard InChI is InChI=1S/C14H17NO2/c1-15(10-13-8-5-9-17-13)11-14(16)12-6-3-2-4-7-12/h2-9,14,16H,10-11H2,1H3. The van der Waals surface area contributed by atoms with Gasteiger partial charge in [0.15, 0.2) is 0 Å². The second-order valence-corrected chi connectivity index (χ2v) is 4.20. The van der Waals surface area contributed by atoms with Crippen molar-refractivity contribution in [3.05, 3.63) is 60.1 Å². The zero-order valence-corrected chi connectivity index (χ0v) is 9.91. The Hall–Kier alpha value is -1.58. The van der Waals surface area contributed by atoms with Crippen LogP contribution in [-0.4, -0.2) is 23.6 Å².